The smallest absolute Gasteiger partial charge is 0.322 e. The molecule has 0 radical (unpaired) electrons. The molecule has 0 aliphatic rings. The van der Waals surface area contributed by atoms with Gasteiger partial charge in [0.2, 0.25) is 10.0 Å². The van der Waals surface area contributed by atoms with E-state index in [1.807, 2.05) is 0 Å². The van der Waals surface area contributed by atoms with Crippen molar-refractivity contribution in [3.63, 3.8) is 0 Å². The third-order valence-electron chi connectivity index (χ3n) is 3.09. The van der Waals surface area contributed by atoms with E-state index in [2.05, 4.69) is 10.6 Å². The van der Waals surface area contributed by atoms with Crippen molar-refractivity contribution in [2.24, 2.45) is 5.92 Å². The van der Waals surface area contributed by atoms with Crippen LogP contribution < -0.4 is 4.72 Å². The summed E-state index contributed by atoms with van der Waals surface area (Å²) in [5, 5.41) is 9.11. The number of hydrogen-bond donors (Lipinski definition) is 2. The van der Waals surface area contributed by atoms with Gasteiger partial charge in [0.05, 0.1) is 4.90 Å². The zero-order chi connectivity index (χ0) is 15.3. The van der Waals surface area contributed by atoms with Crippen molar-refractivity contribution in [3.05, 3.63) is 29.8 Å². The largest absolute Gasteiger partial charge is 0.480 e. The summed E-state index contributed by atoms with van der Waals surface area (Å²) in [5.74, 6) is 0.878. The SMILES string of the molecule is C#Cc1ccc(S(=O)(=O)NC(C(=O)O)C(C)CC)cc1. The van der Waals surface area contributed by atoms with Gasteiger partial charge in [0, 0.05) is 5.56 Å². The minimum absolute atomic E-state index is 0.00828. The molecule has 0 spiro atoms. The number of nitrogens with one attached hydrogen (secondary N) is 1. The Bertz CT molecular complexity index is 614. The summed E-state index contributed by atoms with van der Waals surface area (Å²) >= 11 is 0. The molecule has 1 aromatic carbocycles. The lowest BCUT2D eigenvalue weighted by atomic mass is 10.0. The Hall–Kier alpha value is -1.84. The van der Waals surface area contributed by atoms with Crippen LogP contribution in [0, 0.1) is 18.3 Å². The monoisotopic (exact) mass is 295 g/mol. The summed E-state index contributed by atoms with van der Waals surface area (Å²) in [4.78, 5) is 11.1. The Balaban J connectivity index is 3.03. The van der Waals surface area contributed by atoms with Crippen LogP contribution in [-0.4, -0.2) is 25.5 Å². The number of rotatable bonds is 6. The summed E-state index contributed by atoms with van der Waals surface area (Å²) in [7, 11) is -3.88. The first-order valence-corrected chi connectivity index (χ1v) is 7.62. The number of carboxylic acid groups (broad SMARTS) is 1. The number of hydrogen-bond acceptors (Lipinski definition) is 3. The number of benzene rings is 1. The summed E-state index contributed by atoms with van der Waals surface area (Å²) < 4.78 is 26.5. The molecule has 1 rings (SSSR count). The van der Waals surface area contributed by atoms with E-state index in [0.717, 1.165) is 0 Å². The first kappa shape index (κ1) is 16.2. The summed E-state index contributed by atoms with van der Waals surface area (Å²) in [6, 6.07) is 4.54. The van der Waals surface area contributed by atoms with E-state index < -0.39 is 22.0 Å². The van der Waals surface area contributed by atoms with Gasteiger partial charge in [0.25, 0.3) is 0 Å². The highest BCUT2D eigenvalue weighted by Gasteiger charge is 2.29. The second-order valence-corrected chi connectivity index (χ2v) is 6.21. The third-order valence-corrected chi connectivity index (χ3v) is 4.55. The maximum Gasteiger partial charge on any atom is 0.322 e. The molecule has 0 amide bonds. The lowest BCUT2D eigenvalue weighted by Gasteiger charge is -2.20. The van der Waals surface area contributed by atoms with Gasteiger partial charge >= 0.3 is 5.97 Å². The highest BCUT2D eigenvalue weighted by Crippen LogP contribution is 2.14. The van der Waals surface area contributed by atoms with Crippen molar-refractivity contribution in [1.29, 1.82) is 0 Å². The first-order chi connectivity index (χ1) is 9.31. The predicted octanol–water partition coefficient (Wildman–Crippen LogP) is 1.45. The van der Waals surface area contributed by atoms with E-state index in [4.69, 9.17) is 11.5 Å². The van der Waals surface area contributed by atoms with Crippen LogP contribution in [0.1, 0.15) is 25.8 Å². The van der Waals surface area contributed by atoms with Gasteiger partial charge in [-0.15, -0.1) is 6.42 Å². The molecule has 2 atom stereocenters. The van der Waals surface area contributed by atoms with Gasteiger partial charge in [-0.25, -0.2) is 8.42 Å². The minimum atomic E-state index is -3.88. The summed E-state index contributed by atoms with van der Waals surface area (Å²) in [6.45, 7) is 3.49. The number of terminal acetylenes is 1. The van der Waals surface area contributed by atoms with Gasteiger partial charge in [0.1, 0.15) is 6.04 Å². The van der Waals surface area contributed by atoms with Crippen LogP contribution in [0.15, 0.2) is 29.2 Å². The second kappa shape index (κ2) is 6.55. The molecule has 6 heteroatoms. The number of sulfonamides is 1. The van der Waals surface area contributed by atoms with E-state index in [1.165, 1.54) is 24.3 Å². The normalized spacial score (nSPS) is 14.2. The number of aliphatic carboxylic acids is 1. The fourth-order valence-corrected chi connectivity index (χ4v) is 2.91. The molecule has 5 nitrogen and oxygen atoms in total. The van der Waals surface area contributed by atoms with Crippen LogP contribution in [0.4, 0.5) is 0 Å². The van der Waals surface area contributed by atoms with Gasteiger partial charge in [-0.1, -0.05) is 26.2 Å². The molecule has 2 unspecified atom stereocenters. The van der Waals surface area contributed by atoms with Crippen LogP contribution >= 0.6 is 0 Å². The van der Waals surface area contributed by atoms with E-state index in [9.17, 15) is 13.2 Å². The Morgan fingerprint density at radius 1 is 1.40 bits per heavy atom. The lowest BCUT2D eigenvalue weighted by molar-refractivity contribution is -0.140. The van der Waals surface area contributed by atoms with E-state index in [-0.39, 0.29) is 10.8 Å². The van der Waals surface area contributed by atoms with E-state index in [1.54, 1.807) is 13.8 Å². The zero-order valence-electron chi connectivity index (χ0n) is 11.3. The Labute approximate surface area is 119 Å². The predicted molar refractivity (Wildman–Crippen MR) is 75.6 cm³/mol. The van der Waals surface area contributed by atoms with Gasteiger partial charge in [-0.05, 0) is 30.2 Å². The van der Waals surface area contributed by atoms with E-state index >= 15 is 0 Å². The molecular weight excluding hydrogens is 278 g/mol. The topological polar surface area (TPSA) is 83.5 Å². The van der Waals surface area contributed by atoms with Gasteiger partial charge < -0.3 is 5.11 Å². The molecule has 0 bridgehead atoms. The van der Waals surface area contributed by atoms with Gasteiger partial charge in [-0.2, -0.15) is 4.72 Å². The Morgan fingerprint density at radius 2 is 1.95 bits per heavy atom. The average Bonchev–Trinajstić information content (AvgIpc) is 2.43. The Morgan fingerprint density at radius 3 is 2.35 bits per heavy atom. The number of carbonyl (C=O) groups is 1. The average molecular weight is 295 g/mol. The molecule has 0 fully saturated rings. The molecule has 0 saturated heterocycles. The molecule has 0 saturated carbocycles. The molecule has 1 aromatic rings. The van der Waals surface area contributed by atoms with Crippen LogP contribution in [0.25, 0.3) is 0 Å². The van der Waals surface area contributed by atoms with Crippen molar-refractivity contribution >= 4 is 16.0 Å². The molecule has 2 N–H and O–H groups in total. The molecule has 20 heavy (non-hydrogen) atoms. The fourth-order valence-electron chi connectivity index (χ4n) is 1.61. The van der Waals surface area contributed by atoms with Crippen LogP contribution in [-0.2, 0) is 14.8 Å². The second-order valence-electron chi connectivity index (χ2n) is 4.49. The highest BCUT2D eigenvalue weighted by molar-refractivity contribution is 7.89. The summed E-state index contributed by atoms with van der Waals surface area (Å²) in [6.07, 6.45) is 5.75. The molecule has 0 aromatic heterocycles. The van der Waals surface area contributed by atoms with Crippen LogP contribution in [0.2, 0.25) is 0 Å². The van der Waals surface area contributed by atoms with Crippen molar-refractivity contribution in [2.45, 2.75) is 31.2 Å². The standard InChI is InChI=1S/C14H17NO4S/c1-4-10(3)13(14(16)17)15-20(18,19)12-8-6-11(5-2)7-9-12/h2,6-10,13,15H,4H2,1,3H3,(H,16,17). The maximum absolute atomic E-state index is 12.1. The molecular formula is C14H17NO4S. The van der Waals surface area contributed by atoms with Crippen molar-refractivity contribution in [3.8, 4) is 12.3 Å². The molecule has 108 valence electrons. The van der Waals surface area contributed by atoms with Crippen LogP contribution in [0.3, 0.4) is 0 Å². The van der Waals surface area contributed by atoms with Gasteiger partial charge in [-0.3, -0.25) is 4.79 Å². The third kappa shape index (κ3) is 3.83. The highest BCUT2D eigenvalue weighted by atomic mass is 32.2. The van der Waals surface area contributed by atoms with Crippen molar-refractivity contribution in [1.82, 2.24) is 4.72 Å². The number of carboxylic acids is 1. The molecule has 0 heterocycles. The first-order valence-electron chi connectivity index (χ1n) is 6.13. The van der Waals surface area contributed by atoms with Crippen LogP contribution in [0.5, 0.6) is 0 Å². The fraction of sp³-hybridized carbons (Fsp3) is 0.357. The van der Waals surface area contributed by atoms with E-state index in [0.29, 0.717) is 12.0 Å². The minimum Gasteiger partial charge on any atom is -0.480 e. The van der Waals surface area contributed by atoms with Crippen molar-refractivity contribution < 1.29 is 18.3 Å². The quantitative estimate of drug-likeness (QED) is 0.778. The molecule has 0 aliphatic heterocycles. The Kier molecular flexibility index (Phi) is 5.31. The maximum atomic E-state index is 12.1. The molecule has 0 aliphatic carbocycles. The lowest BCUT2D eigenvalue weighted by Crippen LogP contribution is -2.44. The summed E-state index contributed by atoms with van der Waals surface area (Å²) in [5.41, 5.74) is 0.556. The van der Waals surface area contributed by atoms with Crippen molar-refractivity contribution in [2.75, 3.05) is 0 Å². The zero-order valence-corrected chi connectivity index (χ0v) is 12.1. The van der Waals surface area contributed by atoms with Gasteiger partial charge in [0.15, 0.2) is 0 Å².